The fourth-order valence-electron chi connectivity index (χ4n) is 3.75. The van der Waals surface area contributed by atoms with Crippen molar-refractivity contribution in [1.29, 1.82) is 0 Å². The monoisotopic (exact) mass is 427 g/mol. The summed E-state index contributed by atoms with van der Waals surface area (Å²) in [7, 11) is 1.61. The number of carbonyl (C=O) groups excluding carboxylic acids is 1. The Balaban J connectivity index is 1.92. The van der Waals surface area contributed by atoms with Gasteiger partial charge in [-0.1, -0.05) is 30.3 Å². The first kappa shape index (κ1) is 22.5. The van der Waals surface area contributed by atoms with Crippen molar-refractivity contribution >= 4 is 17.1 Å². The van der Waals surface area contributed by atoms with E-state index in [0.717, 1.165) is 12.0 Å². The first-order chi connectivity index (χ1) is 14.8. The lowest BCUT2D eigenvalue weighted by molar-refractivity contribution is -0.145. The van der Waals surface area contributed by atoms with Gasteiger partial charge in [-0.05, 0) is 31.7 Å². The average molecular weight is 428 g/mol. The summed E-state index contributed by atoms with van der Waals surface area (Å²) >= 11 is 0. The number of carbonyl (C=O) groups is 1. The van der Waals surface area contributed by atoms with E-state index in [1.54, 1.807) is 11.6 Å². The minimum absolute atomic E-state index is 0.156. The fourth-order valence-corrected chi connectivity index (χ4v) is 3.75. The minimum Gasteiger partial charge on any atom is -0.463 e. The van der Waals surface area contributed by atoms with Crippen LogP contribution in [0.2, 0.25) is 0 Å². The number of nitrogens with zero attached hydrogens (tertiary/aromatic N) is 4. The lowest BCUT2D eigenvalue weighted by Gasteiger charge is -2.13. The van der Waals surface area contributed by atoms with Crippen molar-refractivity contribution in [3.63, 3.8) is 0 Å². The first-order valence-electron chi connectivity index (χ1n) is 10.4. The molecule has 0 spiro atoms. The predicted octanol–water partition coefficient (Wildman–Crippen LogP) is 1.53. The van der Waals surface area contributed by atoms with E-state index in [2.05, 4.69) is 4.98 Å². The number of ether oxygens (including phenoxy) is 1. The van der Waals surface area contributed by atoms with Crippen LogP contribution >= 0.6 is 0 Å². The van der Waals surface area contributed by atoms with Gasteiger partial charge < -0.3 is 15.0 Å². The van der Waals surface area contributed by atoms with Crippen LogP contribution in [0.1, 0.15) is 44.5 Å². The summed E-state index contributed by atoms with van der Waals surface area (Å²) in [6, 6.07) is 9.73. The van der Waals surface area contributed by atoms with Gasteiger partial charge in [0.1, 0.15) is 5.82 Å². The molecule has 0 aliphatic heterocycles. The van der Waals surface area contributed by atoms with Gasteiger partial charge in [0, 0.05) is 27.1 Å². The van der Waals surface area contributed by atoms with Crippen LogP contribution in [0.15, 0.2) is 39.9 Å². The molecule has 0 saturated carbocycles. The zero-order valence-corrected chi connectivity index (χ0v) is 18.2. The molecule has 1 aromatic carbocycles. The highest BCUT2D eigenvalue weighted by Gasteiger charge is 2.19. The summed E-state index contributed by atoms with van der Waals surface area (Å²) in [6.45, 7) is 4.08. The zero-order chi connectivity index (χ0) is 22.5. The second kappa shape index (κ2) is 9.74. The van der Waals surface area contributed by atoms with Crippen LogP contribution in [0.5, 0.6) is 0 Å². The van der Waals surface area contributed by atoms with E-state index in [0.29, 0.717) is 36.4 Å². The van der Waals surface area contributed by atoms with Crippen LogP contribution in [-0.2, 0) is 36.2 Å². The molecule has 2 heterocycles. The van der Waals surface area contributed by atoms with Crippen molar-refractivity contribution in [2.24, 2.45) is 12.8 Å². The number of hydrogen-bond acceptors (Lipinski definition) is 6. The SMILES string of the molecule is CC(=O)O[C@H](C)CCCCn1c(=O)c2c(nc(CN)n2Cc2ccccc2)n(C)c1=O. The molecule has 0 saturated heterocycles. The van der Waals surface area contributed by atoms with E-state index in [1.807, 2.05) is 37.3 Å². The standard InChI is InChI=1S/C22H29N5O4/c1-15(31-16(2)28)9-7-8-12-26-21(29)19-20(25(3)22(26)30)24-18(13-23)27(19)14-17-10-5-4-6-11-17/h4-6,10-11,15H,7-9,12-14,23H2,1-3H3/t15-/m1/s1. The van der Waals surface area contributed by atoms with E-state index in [9.17, 15) is 14.4 Å². The van der Waals surface area contributed by atoms with Crippen molar-refractivity contribution in [2.75, 3.05) is 0 Å². The summed E-state index contributed by atoms with van der Waals surface area (Å²) in [6.07, 6.45) is 1.81. The van der Waals surface area contributed by atoms with Crippen LogP contribution in [0.4, 0.5) is 0 Å². The van der Waals surface area contributed by atoms with Gasteiger partial charge in [-0.2, -0.15) is 0 Å². The minimum atomic E-state index is -0.404. The quantitative estimate of drug-likeness (QED) is 0.409. The van der Waals surface area contributed by atoms with Gasteiger partial charge in [0.05, 0.1) is 12.6 Å². The third-order valence-corrected chi connectivity index (χ3v) is 5.29. The lowest BCUT2D eigenvalue weighted by atomic mass is 10.1. The van der Waals surface area contributed by atoms with Gasteiger partial charge in [0.25, 0.3) is 5.56 Å². The molecule has 0 aliphatic carbocycles. The summed E-state index contributed by atoms with van der Waals surface area (Å²) in [4.78, 5) is 41.6. The number of imidazole rings is 1. The zero-order valence-electron chi connectivity index (χ0n) is 18.2. The number of benzene rings is 1. The van der Waals surface area contributed by atoms with E-state index in [-0.39, 0.29) is 30.7 Å². The summed E-state index contributed by atoms with van der Waals surface area (Å²) in [5.74, 6) is 0.240. The highest BCUT2D eigenvalue weighted by atomic mass is 16.5. The molecule has 0 fully saturated rings. The second-order valence-corrected chi connectivity index (χ2v) is 7.69. The van der Waals surface area contributed by atoms with E-state index in [1.165, 1.54) is 16.1 Å². The van der Waals surface area contributed by atoms with Gasteiger partial charge in [0.15, 0.2) is 11.2 Å². The molecular formula is C22H29N5O4. The maximum atomic E-state index is 13.3. The largest absolute Gasteiger partial charge is 0.463 e. The number of fused-ring (bicyclic) bond motifs is 1. The topological polar surface area (TPSA) is 114 Å². The number of unbranched alkanes of at least 4 members (excludes halogenated alkanes) is 1. The van der Waals surface area contributed by atoms with E-state index >= 15 is 0 Å². The normalized spacial score (nSPS) is 12.3. The van der Waals surface area contributed by atoms with Gasteiger partial charge in [-0.3, -0.25) is 18.7 Å². The molecule has 3 rings (SSSR count). The number of rotatable bonds is 9. The number of nitrogens with two attached hydrogens (primary N) is 1. The highest BCUT2D eigenvalue weighted by Crippen LogP contribution is 2.14. The maximum Gasteiger partial charge on any atom is 0.332 e. The molecule has 0 radical (unpaired) electrons. The molecule has 31 heavy (non-hydrogen) atoms. The Bertz CT molecular complexity index is 1180. The average Bonchev–Trinajstić information content (AvgIpc) is 3.10. The van der Waals surface area contributed by atoms with Crippen LogP contribution < -0.4 is 17.0 Å². The first-order valence-corrected chi connectivity index (χ1v) is 10.4. The van der Waals surface area contributed by atoms with Crippen LogP contribution in [0, 0.1) is 0 Å². The number of aromatic nitrogens is 4. The molecule has 2 aromatic heterocycles. The number of esters is 1. The van der Waals surface area contributed by atoms with Gasteiger partial charge in [0.2, 0.25) is 0 Å². The Hall–Kier alpha value is -3.20. The van der Waals surface area contributed by atoms with Crippen molar-refractivity contribution in [1.82, 2.24) is 18.7 Å². The molecular weight excluding hydrogens is 398 g/mol. The number of aryl methyl sites for hydroxylation is 1. The molecule has 0 bridgehead atoms. The van der Waals surface area contributed by atoms with Crippen LogP contribution in [-0.4, -0.2) is 30.8 Å². The van der Waals surface area contributed by atoms with Crippen molar-refractivity contribution in [3.05, 3.63) is 62.6 Å². The van der Waals surface area contributed by atoms with Crippen molar-refractivity contribution < 1.29 is 9.53 Å². The van der Waals surface area contributed by atoms with Gasteiger partial charge >= 0.3 is 11.7 Å². The lowest BCUT2D eigenvalue weighted by Crippen LogP contribution is -2.39. The summed E-state index contributed by atoms with van der Waals surface area (Å²) < 4.78 is 9.57. The molecule has 166 valence electrons. The van der Waals surface area contributed by atoms with Crippen LogP contribution in [0.3, 0.4) is 0 Å². The third-order valence-electron chi connectivity index (χ3n) is 5.29. The van der Waals surface area contributed by atoms with Crippen molar-refractivity contribution in [3.8, 4) is 0 Å². The van der Waals surface area contributed by atoms with Crippen LogP contribution in [0.25, 0.3) is 11.2 Å². The fraction of sp³-hybridized carbons (Fsp3) is 0.455. The summed E-state index contributed by atoms with van der Waals surface area (Å²) in [5.41, 5.74) is 6.84. The van der Waals surface area contributed by atoms with E-state index < -0.39 is 5.69 Å². The van der Waals surface area contributed by atoms with E-state index in [4.69, 9.17) is 10.5 Å². The second-order valence-electron chi connectivity index (χ2n) is 7.69. The Labute approximate surface area is 180 Å². The Morgan fingerprint density at radius 2 is 1.87 bits per heavy atom. The number of hydrogen-bond donors (Lipinski definition) is 1. The third kappa shape index (κ3) is 4.93. The Morgan fingerprint density at radius 1 is 1.16 bits per heavy atom. The molecule has 9 nitrogen and oxygen atoms in total. The molecule has 0 amide bonds. The summed E-state index contributed by atoms with van der Waals surface area (Å²) in [5, 5.41) is 0. The molecule has 0 aliphatic rings. The molecule has 3 aromatic rings. The molecule has 9 heteroatoms. The molecule has 1 atom stereocenters. The predicted molar refractivity (Wildman–Crippen MR) is 118 cm³/mol. The Morgan fingerprint density at radius 3 is 2.52 bits per heavy atom. The molecule has 0 unspecified atom stereocenters. The van der Waals surface area contributed by atoms with Gasteiger partial charge in [-0.15, -0.1) is 0 Å². The molecule has 2 N–H and O–H groups in total. The maximum absolute atomic E-state index is 13.3. The smallest absolute Gasteiger partial charge is 0.332 e. The highest BCUT2D eigenvalue weighted by molar-refractivity contribution is 5.71. The van der Waals surface area contributed by atoms with Gasteiger partial charge in [-0.25, -0.2) is 9.78 Å². The van der Waals surface area contributed by atoms with Crippen molar-refractivity contribution in [2.45, 2.75) is 58.8 Å². The Kier molecular flexibility index (Phi) is 7.06.